The number of pyridine rings is 1. The van der Waals surface area contributed by atoms with E-state index in [9.17, 15) is 4.79 Å². The number of amides is 2. The Morgan fingerprint density at radius 2 is 2.04 bits per heavy atom. The van der Waals surface area contributed by atoms with Crippen LogP contribution in [-0.4, -0.2) is 41.1 Å². The molecule has 7 heteroatoms. The molecule has 2 amide bonds. The van der Waals surface area contributed by atoms with E-state index in [1.165, 1.54) is 9.71 Å². The number of rotatable bonds is 3. The van der Waals surface area contributed by atoms with Gasteiger partial charge in [-0.2, -0.15) is 0 Å². The fourth-order valence-electron chi connectivity index (χ4n) is 3.17. The smallest absolute Gasteiger partial charge is 0.321 e. The van der Waals surface area contributed by atoms with Crippen molar-refractivity contribution in [1.82, 2.24) is 14.9 Å². The van der Waals surface area contributed by atoms with Gasteiger partial charge in [-0.3, -0.25) is 0 Å². The number of benzene rings is 1. The number of hydrogen-bond donors (Lipinski definition) is 1. The highest BCUT2D eigenvalue weighted by atomic mass is 32.1. The Morgan fingerprint density at radius 3 is 2.73 bits per heavy atom. The van der Waals surface area contributed by atoms with Gasteiger partial charge in [0.1, 0.15) is 0 Å². The van der Waals surface area contributed by atoms with Crippen molar-refractivity contribution < 1.29 is 9.53 Å². The molecule has 1 aliphatic rings. The molecule has 1 aliphatic heterocycles. The molecular formula is C19H20N4O2S. The number of ether oxygens (including phenoxy) is 1. The van der Waals surface area contributed by atoms with E-state index >= 15 is 0 Å². The van der Waals surface area contributed by atoms with Crippen LogP contribution in [0.3, 0.4) is 0 Å². The number of nitrogens with zero attached hydrogens (tertiary/aromatic N) is 3. The lowest BCUT2D eigenvalue weighted by atomic mass is 9.98. The normalized spacial score (nSPS) is 15.2. The van der Waals surface area contributed by atoms with Gasteiger partial charge in [0.2, 0.25) is 5.88 Å². The van der Waals surface area contributed by atoms with Crippen molar-refractivity contribution in [2.24, 2.45) is 0 Å². The summed E-state index contributed by atoms with van der Waals surface area (Å²) in [5, 5.41) is 4.08. The Kier molecular flexibility index (Phi) is 4.71. The highest BCUT2D eigenvalue weighted by molar-refractivity contribution is 7.18. The Balaban J connectivity index is 1.35. The third-order valence-corrected chi connectivity index (χ3v) is 5.84. The van der Waals surface area contributed by atoms with Gasteiger partial charge in [0.15, 0.2) is 0 Å². The Morgan fingerprint density at radius 1 is 1.23 bits per heavy atom. The first kappa shape index (κ1) is 16.8. The number of piperidine rings is 1. The molecule has 1 aromatic carbocycles. The molecule has 134 valence electrons. The summed E-state index contributed by atoms with van der Waals surface area (Å²) in [4.78, 5) is 23.2. The van der Waals surface area contributed by atoms with Gasteiger partial charge >= 0.3 is 6.03 Å². The second kappa shape index (κ2) is 7.29. The largest absolute Gasteiger partial charge is 0.481 e. The minimum atomic E-state index is -0.0836. The zero-order valence-electron chi connectivity index (χ0n) is 14.5. The summed E-state index contributed by atoms with van der Waals surface area (Å²) in [6.07, 6.45) is 3.48. The van der Waals surface area contributed by atoms with E-state index in [-0.39, 0.29) is 6.03 Å². The molecule has 1 saturated heterocycles. The molecule has 3 heterocycles. The predicted molar refractivity (Wildman–Crippen MR) is 103 cm³/mol. The van der Waals surface area contributed by atoms with Gasteiger partial charge in [0, 0.05) is 25.1 Å². The number of thiazole rings is 1. The second-order valence-corrected chi connectivity index (χ2v) is 7.36. The van der Waals surface area contributed by atoms with Crippen molar-refractivity contribution in [1.29, 1.82) is 0 Å². The van der Waals surface area contributed by atoms with Crippen LogP contribution in [0.4, 0.5) is 10.5 Å². The van der Waals surface area contributed by atoms with Crippen LogP contribution in [-0.2, 0) is 0 Å². The number of hydrogen-bond acceptors (Lipinski definition) is 5. The average molecular weight is 368 g/mol. The van der Waals surface area contributed by atoms with Crippen LogP contribution in [0.15, 0.2) is 42.6 Å². The Labute approximate surface area is 155 Å². The van der Waals surface area contributed by atoms with Crippen LogP contribution in [0, 0.1) is 0 Å². The highest BCUT2D eigenvalue weighted by Gasteiger charge is 2.26. The van der Waals surface area contributed by atoms with Crippen molar-refractivity contribution in [2.75, 3.05) is 25.5 Å². The standard InChI is InChI=1S/C19H20N4O2S/c1-25-17-7-6-14(12-20-17)21-19(24)23-10-8-13(9-11-23)18-22-15-4-2-3-5-16(15)26-18/h2-7,12-13H,8-11H2,1H3,(H,21,24). The highest BCUT2D eigenvalue weighted by Crippen LogP contribution is 2.33. The third-order valence-electron chi connectivity index (χ3n) is 4.64. The summed E-state index contributed by atoms with van der Waals surface area (Å²) in [5.41, 5.74) is 1.74. The molecule has 0 unspecified atom stereocenters. The van der Waals surface area contributed by atoms with Gasteiger partial charge in [-0.1, -0.05) is 12.1 Å². The maximum absolute atomic E-state index is 12.4. The van der Waals surface area contributed by atoms with Gasteiger partial charge in [-0.15, -0.1) is 11.3 Å². The number of fused-ring (bicyclic) bond motifs is 1. The number of likely N-dealkylation sites (tertiary alicyclic amines) is 1. The van der Waals surface area contributed by atoms with Crippen LogP contribution in [0.1, 0.15) is 23.8 Å². The van der Waals surface area contributed by atoms with Gasteiger partial charge in [0.05, 0.1) is 34.2 Å². The fourth-order valence-corrected chi connectivity index (χ4v) is 4.31. The number of carbonyl (C=O) groups excluding carboxylic acids is 1. The SMILES string of the molecule is COc1ccc(NC(=O)N2CCC(c3nc4ccccc4s3)CC2)cn1. The van der Waals surface area contributed by atoms with Crippen molar-refractivity contribution in [2.45, 2.75) is 18.8 Å². The Bertz CT molecular complexity index is 868. The summed E-state index contributed by atoms with van der Waals surface area (Å²) in [6.45, 7) is 1.46. The lowest BCUT2D eigenvalue weighted by molar-refractivity contribution is 0.194. The van der Waals surface area contributed by atoms with E-state index in [0.717, 1.165) is 31.4 Å². The maximum Gasteiger partial charge on any atom is 0.321 e. The first-order valence-electron chi connectivity index (χ1n) is 8.64. The quantitative estimate of drug-likeness (QED) is 0.755. The zero-order chi connectivity index (χ0) is 17.9. The molecule has 1 fully saturated rings. The zero-order valence-corrected chi connectivity index (χ0v) is 15.3. The number of para-hydroxylation sites is 1. The number of aromatic nitrogens is 2. The maximum atomic E-state index is 12.4. The molecule has 0 saturated carbocycles. The van der Waals surface area contributed by atoms with E-state index in [2.05, 4.69) is 22.4 Å². The summed E-state index contributed by atoms with van der Waals surface area (Å²) in [6, 6.07) is 11.7. The molecule has 3 aromatic rings. The number of urea groups is 1. The summed E-state index contributed by atoms with van der Waals surface area (Å²) >= 11 is 1.77. The van der Waals surface area contributed by atoms with Crippen LogP contribution < -0.4 is 10.1 Å². The first-order chi connectivity index (χ1) is 12.7. The van der Waals surface area contributed by atoms with Crippen molar-refractivity contribution in [3.63, 3.8) is 0 Å². The van der Waals surface area contributed by atoms with E-state index in [4.69, 9.17) is 9.72 Å². The average Bonchev–Trinajstić information content (AvgIpc) is 3.13. The molecule has 0 radical (unpaired) electrons. The van der Waals surface area contributed by atoms with Crippen molar-refractivity contribution in [3.8, 4) is 5.88 Å². The molecular weight excluding hydrogens is 348 g/mol. The van der Waals surface area contributed by atoms with Crippen molar-refractivity contribution >= 4 is 33.3 Å². The molecule has 26 heavy (non-hydrogen) atoms. The minimum absolute atomic E-state index is 0.0836. The van der Waals surface area contributed by atoms with Crippen LogP contribution in [0.25, 0.3) is 10.2 Å². The van der Waals surface area contributed by atoms with Gasteiger partial charge in [0.25, 0.3) is 0 Å². The van der Waals surface area contributed by atoms with Crippen LogP contribution >= 0.6 is 11.3 Å². The number of nitrogens with one attached hydrogen (secondary N) is 1. The lowest BCUT2D eigenvalue weighted by Gasteiger charge is -2.31. The van der Waals surface area contributed by atoms with Crippen molar-refractivity contribution in [3.05, 3.63) is 47.6 Å². The Hall–Kier alpha value is -2.67. The number of carbonyl (C=O) groups is 1. The number of methoxy groups -OCH3 is 1. The summed E-state index contributed by atoms with van der Waals surface area (Å²) in [7, 11) is 1.57. The van der Waals surface area contributed by atoms with E-state index in [1.807, 2.05) is 17.0 Å². The van der Waals surface area contributed by atoms with Crippen LogP contribution in [0.2, 0.25) is 0 Å². The fraction of sp³-hybridized carbons (Fsp3) is 0.316. The summed E-state index contributed by atoms with van der Waals surface area (Å²) in [5.74, 6) is 0.957. The monoisotopic (exact) mass is 368 g/mol. The number of anilines is 1. The molecule has 0 atom stereocenters. The molecule has 2 aromatic heterocycles. The topological polar surface area (TPSA) is 67.3 Å². The van der Waals surface area contributed by atoms with Gasteiger partial charge < -0.3 is 15.0 Å². The molecule has 4 rings (SSSR count). The van der Waals surface area contributed by atoms with Crippen LogP contribution in [0.5, 0.6) is 5.88 Å². The van der Waals surface area contributed by atoms with Gasteiger partial charge in [-0.05, 0) is 31.0 Å². The van der Waals surface area contributed by atoms with E-state index in [1.54, 1.807) is 36.8 Å². The predicted octanol–water partition coefficient (Wildman–Crippen LogP) is 4.11. The van der Waals surface area contributed by atoms with E-state index < -0.39 is 0 Å². The molecule has 1 N–H and O–H groups in total. The summed E-state index contributed by atoms with van der Waals surface area (Å²) < 4.78 is 6.26. The minimum Gasteiger partial charge on any atom is -0.481 e. The molecule has 6 nitrogen and oxygen atoms in total. The first-order valence-corrected chi connectivity index (χ1v) is 9.46. The molecule has 0 spiro atoms. The third kappa shape index (κ3) is 3.48. The lowest BCUT2D eigenvalue weighted by Crippen LogP contribution is -2.40. The van der Waals surface area contributed by atoms with E-state index in [0.29, 0.717) is 17.5 Å². The second-order valence-electron chi connectivity index (χ2n) is 6.30. The molecule has 0 aliphatic carbocycles. The molecule has 0 bridgehead atoms. The van der Waals surface area contributed by atoms with Gasteiger partial charge in [-0.25, -0.2) is 14.8 Å².